The van der Waals surface area contributed by atoms with E-state index in [9.17, 15) is 4.79 Å². The van der Waals surface area contributed by atoms with Crippen LogP contribution in [0.1, 0.15) is 70.6 Å². The number of hydrogen-bond acceptors (Lipinski definition) is 3. The number of amides is 1. The molecule has 3 aromatic rings. The number of pyridine rings is 1. The Bertz CT molecular complexity index is 1300. The number of benzene rings is 2. The van der Waals surface area contributed by atoms with Gasteiger partial charge in [0.25, 0.3) is 5.91 Å². The van der Waals surface area contributed by atoms with Gasteiger partial charge in [0.15, 0.2) is 0 Å². The minimum Gasteiger partial charge on any atom is -0.473 e. The number of aromatic nitrogens is 1. The molecule has 1 aliphatic heterocycles. The molecule has 2 heterocycles. The van der Waals surface area contributed by atoms with Gasteiger partial charge in [-0.3, -0.25) is 4.79 Å². The number of carbonyl (C=O) groups excluding carboxylic acids is 1. The smallest absolute Gasteiger partial charge is 0.256 e. The Morgan fingerprint density at radius 2 is 1.89 bits per heavy atom. The summed E-state index contributed by atoms with van der Waals surface area (Å²) in [6.45, 7) is 9.52. The Labute approximate surface area is 223 Å². The molecule has 0 saturated carbocycles. The Morgan fingerprint density at radius 3 is 2.58 bits per heavy atom. The summed E-state index contributed by atoms with van der Waals surface area (Å²) in [5, 5.41) is 1.10. The predicted octanol–water partition coefficient (Wildman–Crippen LogP) is 7.99. The number of halogens is 2. The molecule has 1 aromatic heterocycles. The van der Waals surface area contributed by atoms with Crippen LogP contribution in [-0.4, -0.2) is 22.3 Å². The quantitative estimate of drug-likeness (QED) is 0.301. The van der Waals surface area contributed by atoms with Gasteiger partial charge in [-0.2, -0.15) is 0 Å². The van der Waals surface area contributed by atoms with Crippen molar-refractivity contribution in [3.63, 3.8) is 0 Å². The van der Waals surface area contributed by atoms with Gasteiger partial charge in [-0.15, -0.1) is 0 Å². The zero-order valence-electron chi connectivity index (χ0n) is 21.3. The fourth-order valence-corrected chi connectivity index (χ4v) is 5.44. The van der Waals surface area contributed by atoms with E-state index in [2.05, 4.69) is 24.9 Å². The Morgan fingerprint density at radius 1 is 1.14 bits per heavy atom. The van der Waals surface area contributed by atoms with Crippen molar-refractivity contribution in [3.05, 3.63) is 97.7 Å². The molecule has 1 amide bonds. The van der Waals surface area contributed by atoms with E-state index in [1.165, 1.54) is 0 Å². The molecule has 4 nitrogen and oxygen atoms in total. The first-order valence-electron chi connectivity index (χ1n) is 12.5. The first kappa shape index (κ1) is 26.2. The van der Waals surface area contributed by atoms with Gasteiger partial charge < -0.3 is 9.64 Å². The number of ether oxygens (including phenoxy) is 1. The molecule has 0 aliphatic carbocycles. The lowest BCUT2D eigenvalue weighted by Crippen LogP contribution is -2.38. The highest BCUT2D eigenvalue weighted by atomic mass is 35.5. The summed E-state index contributed by atoms with van der Waals surface area (Å²) in [5.41, 5.74) is 7.20. The van der Waals surface area contributed by atoms with Crippen molar-refractivity contribution in [3.8, 4) is 5.88 Å². The highest BCUT2D eigenvalue weighted by Gasteiger charge is 2.31. The largest absolute Gasteiger partial charge is 0.473 e. The second-order valence-electron chi connectivity index (χ2n) is 9.18. The number of aryl methyl sites for hydroxylation is 2. The number of allylic oxidation sites excluding steroid dienone is 2. The van der Waals surface area contributed by atoms with Gasteiger partial charge in [0.1, 0.15) is 6.61 Å². The summed E-state index contributed by atoms with van der Waals surface area (Å²) in [4.78, 5) is 20.3. The van der Waals surface area contributed by atoms with Crippen molar-refractivity contribution in [2.24, 2.45) is 0 Å². The third-order valence-electron chi connectivity index (χ3n) is 6.63. The van der Waals surface area contributed by atoms with Gasteiger partial charge in [-0.1, -0.05) is 73.5 Å². The number of hydrogen-bond donors (Lipinski definition) is 0. The maximum Gasteiger partial charge on any atom is 0.256 e. The highest BCUT2D eigenvalue weighted by Crippen LogP contribution is 2.39. The molecule has 0 unspecified atom stereocenters. The highest BCUT2D eigenvalue weighted by molar-refractivity contribution is 6.38. The normalized spacial score (nSPS) is 13.7. The molecule has 4 rings (SSSR count). The monoisotopic (exact) mass is 522 g/mol. The lowest BCUT2D eigenvalue weighted by atomic mass is 9.92. The maximum atomic E-state index is 13.8. The molecule has 2 aromatic carbocycles. The molecular formula is C30H32Cl2N2O2. The Kier molecular flexibility index (Phi) is 8.38. The van der Waals surface area contributed by atoms with E-state index in [4.69, 9.17) is 27.9 Å². The molecule has 0 atom stereocenters. The van der Waals surface area contributed by atoms with Crippen LogP contribution in [0.15, 0.2) is 48.5 Å². The van der Waals surface area contributed by atoms with Gasteiger partial charge in [0, 0.05) is 22.8 Å². The van der Waals surface area contributed by atoms with Crippen molar-refractivity contribution in [2.45, 2.75) is 60.1 Å². The van der Waals surface area contributed by atoms with Crippen molar-refractivity contribution in [2.75, 3.05) is 6.54 Å². The summed E-state index contributed by atoms with van der Waals surface area (Å²) >= 11 is 13.6. The van der Waals surface area contributed by atoms with E-state index in [-0.39, 0.29) is 5.91 Å². The van der Waals surface area contributed by atoms with Gasteiger partial charge in [-0.05, 0) is 73.1 Å². The zero-order valence-corrected chi connectivity index (χ0v) is 22.8. The summed E-state index contributed by atoms with van der Waals surface area (Å²) in [5.74, 6) is 0.456. The van der Waals surface area contributed by atoms with Gasteiger partial charge >= 0.3 is 0 Å². The average molecular weight is 524 g/mol. The fraction of sp³-hybridized carbons (Fsp3) is 0.333. The molecule has 0 bridgehead atoms. The zero-order chi connectivity index (χ0) is 25.8. The van der Waals surface area contributed by atoms with Gasteiger partial charge in [-0.25, -0.2) is 4.98 Å². The minimum atomic E-state index is -0.106. The summed E-state index contributed by atoms with van der Waals surface area (Å²) in [7, 11) is 0. The van der Waals surface area contributed by atoms with Crippen LogP contribution in [0.3, 0.4) is 0 Å². The second-order valence-corrected chi connectivity index (χ2v) is 9.97. The van der Waals surface area contributed by atoms with Crippen LogP contribution >= 0.6 is 23.2 Å². The number of carbonyl (C=O) groups is 1. The van der Waals surface area contributed by atoms with Crippen molar-refractivity contribution < 1.29 is 9.53 Å². The molecule has 36 heavy (non-hydrogen) atoms. The van der Waals surface area contributed by atoms with E-state index in [1.807, 2.05) is 61.2 Å². The third-order valence-corrected chi connectivity index (χ3v) is 7.36. The molecule has 0 radical (unpaired) electrons. The average Bonchev–Trinajstić information content (AvgIpc) is 2.86. The van der Waals surface area contributed by atoms with Crippen LogP contribution in [0, 0.1) is 13.8 Å². The van der Waals surface area contributed by atoms with E-state index in [0.717, 1.165) is 51.9 Å². The lowest BCUT2D eigenvalue weighted by molar-refractivity contribution is 0.0725. The van der Waals surface area contributed by atoms with Crippen LogP contribution in [0.25, 0.3) is 5.57 Å². The molecule has 0 N–H and O–H groups in total. The number of fused-ring (bicyclic) bond motifs is 1. The Hall–Kier alpha value is -2.82. The molecule has 1 aliphatic rings. The number of nitrogens with zero attached hydrogens (tertiary/aromatic N) is 2. The summed E-state index contributed by atoms with van der Waals surface area (Å²) < 4.78 is 6.16. The fourth-order valence-electron chi connectivity index (χ4n) is 4.77. The molecular weight excluding hydrogens is 491 g/mol. The first-order chi connectivity index (χ1) is 17.3. The van der Waals surface area contributed by atoms with Crippen molar-refractivity contribution in [1.82, 2.24) is 9.88 Å². The van der Waals surface area contributed by atoms with Crippen molar-refractivity contribution in [1.29, 1.82) is 0 Å². The molecule has 6 heteroatoms. The predicted molar refractivity (Wildman–Crippen MR) is 148 cm³/mol. The standard InChI is InChI=1S/C30H32Cl2N2O2/c1-5-10-22(6-2)24-16-26(31)23-13-14-34(30(35)27(23)28(24)32)17-25-19(3)15-20(4)33-29(25)36-18-21-11-8-7-9-12-21/h7-12,15-16H,5-6,13-14,17-18H2,1-4H3/b22-10-. The van der Waals surface area contributed by atoms with E-state index < -0.39 is 0 Å². The molecule has 0 saturated heterocycles. The number of rotatable bonds is 8. The summed E-state index contributed by atoms with van der Waals surface area (Å²) in [6.07, 6.45) is 4.50. The molecule has 188 valence electrons. The first-order valence-corrected chi connectivity index (χ1v) is 13.2. The van der Waals surface area contributed by atoms with Gasteiger partial charge in [0.05, 0.1) is 17.1 Å². The van der Waals surface area contributed by atoms with Crippen LogP contribution in [0.2, 0.25) is 10.0 Å². The SMILES string of the molecule is CC/C=C(/CC)c1cc(Cl)c2c(c1Cl)C(=O)N(Cc1c(C)cc(C)nc1OCc1ccccc1)CC2. The summed E-state index contributed by atoms with van der Waals surface area (Å²) in [6, 6.07) is 13.9. The van der Waals surface area contributed by atoms with Crippen LogP contribution in [-0.2, 0) is 19.6 Å². The van der Waals surface area contributed by atoms with Gasteiger partial charge in [0.2, 0.25) is 5.88 Å². The Balaban J connectivity index is 1.66. The maximum absolute atomic E-state index is 13.8. The van der Waals surface area contributed by atoms with E-state index in [0.29, 0.717) is 47.6 Å². The van der Waals surface area contributed by atoms with Crippen molar-refractivity contribution >= 4 is 34.7 Å². The molecule has 0 spiro atoms. The topological polar surface area (TPSA) is 42.4 Å². The van der Waals surface area contributed by atoms with E-state index >= 15 is 0 Å². The third kappa shape index (κ3) is 5.45. The second kappa shape index (κ2) is 11.5. The lowest BCUT2D eigenvalue weighted by Gasteiger charge is -2.31. The van der Waals surface area contributed by atoms with E-state index in [1.54, 1.807) is 0 Å². The van der Waals surface area contributed by atoms with Crippen LogP contribution < -0.4 is 4.74 Å². The minimum absolute atomic E-state index is 0.106. The van der Waals surface area contributed by atoms with Crippen LogP contribution in [0.4, 0.5) is 0 Å². The van der Waals surface area contributed by atoms with Crippen LogP contribution in [0.5, 0.6) is 5.88 Å². The molecule has 0 fully saturated rings.